The predicted octanol–water partition coefficient (Wildman–Crippen LogP) is 5.26. The second-order valence-electron chi connectivity index (χ2n) is 4.91. The molecule has 2 aromatic carbocycles. The quantitative estimate of drug-likeness (QED) is 0.710. The lowest BCUT2D eigenvalue weighted by Gasteiger charge is -2.12. The normalized spacial score (nSPS) is 12.1. The minimum absolute atomic E-state index is 0.0608. The third kappa shape index (κ3) is 2.99. The van der Waals surface area contributed by atoms with Crippen molar-refractivity contribution in [2.75, 3.05) is 5.32 Å². The van der Waals surface area contributed by atoms with Crippen LogP contribution < -0.4 is 5.32 Å². The Morgan fingerprint density at radius 1 is 1.00 bits per heavy atom. The van der Waals surface area contributed by atoms with Gasteiger partial charge in [-0.15, -0.1) is 11.3 Å². The number of benzene rings is 2. The molecule has 0 radical (unpaired) electrons. The van der Waals surface area contributed by atoms with Crippen molar-refractivity contribution in [3.8, 4) is 11.3 Å². The van der Waals surface area contributed by atoms with E-state index < -0.39 is 11.6 Å². The first-order chi connectivity index (χ1) is 10.6. The molecule has 3 aromatic rings. The zero-order valence-corrected chi connectivity index (χ0v) is 12.7. The summed E-state index contributed by atoms with van der Waals surface area (Å²) in [6, 6.07) is 13.8. The number of thiazole rings is 1. The number of hydrogen-bond acceptors (Lipinski definition) is 3. The van der Waals surface area contributed by atoms with Crippen LogP contribution in [0.4, 0.5) is 13.9 Å². The fourth-order valence-corrected chi connectivity index (χ4v) is 3.00. The Morgan fingerprint density at radius 3 is 2.36 bits per heavy atom. The monoisotopic (exact) mass is 316 g/mol. The smallest absolute Gasteiger partial charge is 0.183 e. The fraction of sp³-hybridized carbons (Fsp3) is 0.118. The number of nitrogens with one attached hydrogen (secondary N) is 1. The van der Waals surface area contributed by atoms with Crippen LogP contribution in [0, 0.1) is 11.6 Å². The van der Waals surface area contributed by atoms with E-state index in [0.717, 1.165) is 5.56 Å². The highest BCUT2D eigenvalue weighted by Crippen LogP contribution is 2.30. The minimum Gasteiger partial charge on any atom is -0.355 e. The van der Waals surface area contributed by atoms with Crippen molar-refractivity contribution in [3.05, 3.63) is 71.1 Å². The van der Waals surface area contributed by atoms with Crippen molar-refractivity contribution in [2.45, 2.75) is 13.0 Å². The van der Waals surface area contributed by atoms with Crippen LogP contribution in [0.1, 0.15) is 18.5 Å². The van der Waals surface area contributed by atoms with Crippen LogP contribution in [0.25, 0.3) is 11.3 Å². The van der Waals surface area contributed by atoms with Gasteiger partial charge in [0.1, 0.15) is 11.6 Å². The van der Waals surface area contributed by atoms with Crippen molar-refractivity contribution < 1.29 is 8.78 Å². The van der Waals surface area contributed by atoms with E-state index in [1.54, 1.807) is 5.38 Å². The largest absolute Gasteiger partial charge is 0.355 e. The van der Waals surface area contributed by atoms with Gasteiger partial charge in [-0.3, -0.25) is 0 Å². The lowest BCUT2D eigenvalue weighted by molar-refractivity contribution is 0.589. The van der Waals surface area contributed by atoms with E-state index in [2.05, 4.69) is 10.3 Å². The van der Waals surface area contributed by atoms with Gasteiger partial charge >= 0.3 is 0 Å². The maximum atomic E-state index is 13.8. The Morgan fingerprint density at radius 2 is 1.68 bits per heavy atom. The number of rotatable bonds is 4. The van der Waals surface area contributed by atoms with Gasteiger partial charge in [-0.2, -0.15) is 0 Å². The van der Waals surface area contributed by atoms with Crippen LogP contribution in [-0.2, 0) is 0 Å². The van der Waals surface area contributed by atoms with Crippen LogP contribution in [0.2, 0.25) is 0 Å². The number of halogens is 2. The molecule has 1 N–H and O–H groups in total. The molecule has 0 aliphatic carbocycles. The molecule has 1 atom stereocenters. The summed E-state index contributed by atoms with van der Waals surface area (Å²) in [5.41, 5.74) is 1.35. The molecule has 0 unspecified atom stereocenters. The third-order valence-corrected chi connectivity index (χ3v) is 4.14. The van der Waals surface area contributed by atoms with Gasteiger partial charge in [0.15, 0.2) is 5.13 Å². The van der Waals surface area contributed by atoms with E-state index in [1.165, 1.54) is 29.5 Å². The topological polar surface area (TPSA) is 24.9 Å². The van der Waals surface area contributed by atoms with Crippen LogP contribution in [0.3, 0.4) is 0 Å². The molecular weight excluding hydrogens is 302 g/mol. The van der Waals surface area contributed by atoms with E-state index in [0.29, 0.717) is 10.8 Å². The molecule has 0 spiro atoms. The van der Waals surface area contributed by atoms with Gasteiger partial charge < -0.3 is 5.32 Å². The Hall–Kier alpha value is -2.27. The summed E-state index contributed by atoms with van der Waals surface area (Å²) in [6.45, 7) is 2.01. The van der Waals surface area contributed by atoms with E-state index in [4.69, 9.17) is 0 Å². The molecule has 0 aliphatic heterocycles. The summed E-state index contributed by atoms with van der Waals surface area (Å²) >= 11 is 1.33. The summed E-state index contributed by atoms with van der Waals surface area (Å²) in [5, 5.41) is 5.54. The van der Waals surface area contributed by atoms with Crippen molar-refractivity contribution in [3.63, 3.8) is 0 Å². The highest BCUT2D eigenvalue weighted by molar-refractivity contribution is 7.14. The van der Waals surface area contributed by atoms with E-state index in [-0.39, 0.29) is 11.6 Å². The highest BCUT2D eigenvalue weighted by atomic mass is 32.1. The van der Waals surface area contributed by atoms with Crippen molar-refractivity contribution in [2.24, 2.45) is 0 Å². The number of anilines is 1. The van der Waals surface area contributed by atoms with Crippen LogP contribution >= 0.6 is 11.3 Å². The number of nitrogens with zero attached hydrogens (tertiary/aromatic N) is 1. The molecule has 0 fully saturated rings. The summed E-state index contributed by atoms with van der Waals surface area (Å²) in [5.74, 6) is -1.21. The zero-order valence-electron chi connectivity index (χ0n) is 11.9. The second-order valence-corrected chi connectivity index (χ2v) is 5.77. The van der Waals surface area contributed by atoms with Gasteiger partial charge in [-0.1, -0.05) is 36.4 Å². The first-order valence-electron chi connectivity index (χ1n) is 6.86. The van der Waals surface area contributed by atoms with Gasteiger partial charge in [0.05, 0.1) is 17.3 Å². The zero-order chi connectivity index (χ0) is 15.5. The molecule has 112 valence electrons. The van der Waals surface area contributed by atoms with Gasteiger partial charge in [-0.25, -0.2) is 13.8 Å². The molecule has 3 rings (SSSR count). The van der Waals surface area contributed by atoms with Gasteiger partial charge in [0.25, 0.3) is 0 Å². The molecule has 0 amide bonds. The average Bonchev–Trinajstić information content (AvgIpc) is 2.96. The standard InChI is InChI=1S/C17H14F2N2S/c1-11(12-6-3-2-4-7-12)20-17-21-15(10-22-17)16-13(18)8-5-9-14(16)19/h2-11H,1H3,(H,20,21)/t11-/m1/s1. The van der Waals surface area contributed by atoms with Gasteiger partial charge in [-0.05, 0) is 24.6 Å². The average molecular weight is 316 g/mol. The summed E-state index contributed by atoms with van der Waals surface area (Å²) in [4.78, 5) is 4.30. The second kappa shape index (κ2) is 6.23. The Balaban J connectivity index is 1.83. The van der Waals surface area contributed by atoms with E-state index in [9.17, 15) is 8.78 Å². The molecule has 2 nitrogen and oxygen atoms in total. The summed E-state index contributed by atoms with van der Waals surface area (Å²) in [6.07, 6.45) is 0. The molecule has 5 heteroatoms. The molecule has 1 heterocycles. The molecule has 0 aliphatic rings. The number of aromatic nitrogens is 1. The maximum Gasteiger partial charge on any atom is 0.183 e. The first-order valence-corrected chi connectivity index (χ1v) is 7.74. The van der Waals surface area contributed by atoms with Gasteiger partial charge in [0.2, 0.25) is 0 Å². The maximum absolute atomic E-state index is 13.8. The predicted molar refractivity (Wildman–Crippen MR) is 85.9 cm³/mol. The van der Waals surface area contributed by atoms with Crippen molar-refractivity contribution >= 4 is 16.5 Å². The number of hydrogen-bond donors (Lipinski definition) is 1. The molecule has 0 bridgehead atoms. The molecule has 0 saturated carbocycles. The van der Waals surface area contributed by atoms with Crippen LogP contribution in [-0.4, -0.2) is 4.98 Å². The first kappa shape index (κ1) is 14.7. The third-order valence-electron chi connectivity index (χ3n) is 3.36. The van der Waals surface area contributed by atoms with Crippen molar-refractivity contribution in [1.82, 2.24) is 4.98 Å². The van der Waals surface area contributed by atoms with Crippen LogP contribution in [0.5, 0.6) is 0 Å². The van der Waals surface area contributed by atoms with E-state index in [1.807, 2.05) is 37.3 Å². The molecule has 22 heavy (non-hydrogen) atoms. The van der Waals surface area contributed by atoms with Crippen LogP contribution in [0.15, 0.2) is 53.9 Å². The molecule has 0 saturated heterocycles. The Kier molecular flexibility index (Phi) is 4.15. The van der Waals surface area contributed by atoms with Gasteiger partial charge in [0, 0.05) is 5.38 Å². The summed E-state index contributed by atoms with van der Waals surface area (Å²) in [7, 11) is 0. The fourth-order valence-electron chi connectivity index (χ4n) is 2.21. The highest BCUT2D eigenvalue weighted by Gasteiger charge is 2.15. The summed E-state index contributed by atoms with van der Waals surface area (Å²) < 4.78 is 27.6. The Labute approximate surface area is 131 Å². The molecular formula is C17H14F2N2S. The van der Waals surface area contributed by atoms with Crippen molar-refractivity contribution in [1.29, 1.82) is 0 Å². The molecule has 1 aromatic heterocycles. The Bertz CT molecular complexity index is 751. The lowest BCUT2D eigenvalue weighted by atomic mass is 10.1. The SMILES string of the molecule is C[C@@H](Nc1nc(-c2c(F)cccc2F)cs1)c1ccccc1. The lowest BCUT2D eigenvalue weighted by Crippen LogP contribution is -2.06. The minimum atomic E-state index is -0.604. The van der Waals surface area contributed by atoms with E-state index >= 15 is 0 Å².